The summed E-state index contributed by atoms with van der Waals surface area (Å²) in [5.74, 6) is 0. The van der Waals surface area contributed by atoms with E-state index in [1.165, 1.54) is 21.5 Å². The van der Waals surface area contributed by atoms with Gasteiger partial charge in [0.1, 0.15) is 0 Å². The van der Waals surface area contributed by atoms with Gasteiger partial charge in [-0.15, -0.1) is 17.0 Å². The second kappa shape index (κ2) is 8.98. The molecule has 0 heterocycles. The Morgan fingerprint density at radius 1 is 0.652 bits per heavy atom. The summed E-state index contributed by atoms with van der Waals surface area (Å²) in [7, 11) is -0.534. The summed E-state index contributed by atoms with van der Waals surface area (Å²) >= 11 is 0. The van der Waals surface area contributed by atoms with Crippen molar-refractivity contribution in [1.82, 2.24) is 0 Å². The molecule has 0 aromatic heterocycles. The van der Waals surface area contributed by atoms with E-state index >= 15 is 0 Å². The van der Waals surface area contributed by atoms with Gasteiger partial charge >= 0.3 is 0 Å². The highest BCUT2D eigenvalue weighted by Crippen LogP contribution is 2.33. The fraction of sp³-hybridized carbons (Fsp3) is 0.100. The first-order valence-corrected chi connectivity index (χ1v) is 8.92. The molecule has 3 aromatic carbocycles. The molecule has 23 heavy (non-hydrogen) atoms. The summed E-state index contributed by atoms with van der Waals surface area (Å²) in [6, 6.07) is 30.3. The molecular weight excluding hydrogens is 365 g/mol. The van der Waals surface area contributed by atoms with Crippen LogP contribution < -0.4 is 21.6 Å². The van der Waals surface area contributed by atoms with Gasteiger partial charge in [0.15, 0.2) is 0 Å². The third-order valence-electron chi connectivity index (χ3n) is 3.67. The Morgan fingerprint density at radius 3 is 1.65 bits per heavy atom. The quantitative estimate of drug-likeness (QED) is 0.668. The van der Waals surface area contributed by atoms with Gasteiger partial charge in [-0.3, -0.25) is 0 Å². The van der Waals surface area contributed by atoms with E-state index in [9.17, 15) is 0 Å². The van der Waals surface area contributed by atoms with E-state index in [0.717, 1.165) is 6.42 Å². The van der Waals surface area contributed by atoms with Crippen LogP contribution in [0.5, 0.6) is 0 Å². The molecule has 3 heteroatoms. The fourth-order valence-electron chi connectivity index (χ4n) is 2.68. The van der Waals surface area contributed by atoms with Gasteiger partial charge in [0.2, 0.25) is 0 Å². The maximum Gasteiger partial charge on any atom is -0.00365 e. The SMILES string of the molecule is Br.NCCc1ccccc1P(c1ccccc1)c1ccccc1. The predicted molar refractivity (Wildman–Crippen MR) is 108 cm³/mol. The lowest BCUT2D eigenvalue weighted by Gasteiger charge is -2.22. The number of halogens is 1. The summed E-state index contributed by atoms with van der Waals surface area (Å²) in [4.78, 5) is 0. The number of benzene rings is 3. The molecule has 3 aromatic rings. The van der Waals surface area contributed by atoms with Crippen LogP contribution in [0.25, 0.3) is 0 Å². The number of rotatable bonds is 5. The van der Waals surface area contributed by atoms with Gasteiger partial charge in [-0.25, -0.2) is 0 Å². The molecule has 0 bridgehead atoms. The minimum atomic E-state index is -0.534. The summed E-state index contributed by atoms with van der Waals surface area (Å²) < 4.78 is 0. The van der Waals surface area contributed by atoms with Crippen molar-refractivity contribution in [2.24, 2.45) is 5.73 Å². The molecule has 0 saturated carbocycles. The average Bonchev–Trinajstić information content (AvgIpc) is 2.59. The van der Waals surface area contributed by atoms with Gasteiger partial charge in [-0.1, -0.05) is 84.9 Å². The lowest BCUT2D eigenvalue weighted by Crippen LogP contribution is -2.24. The molecule has 0 amide bonds. The topological polar surface area (TPSA) is 26.0 Å². The van der Waals surface area contributed by atoms with Crippen LogP contribution in [0.3, 0.4) is 0 Å². The normalized spacial score (nSPS) is 10.3. The Kier molecular flexibility index (Phi) is 6.98. The Labute approximate surface area is 150 Å². The van der Waals surface area contributed by atoms with Crippen molar-refractivity contribution < 1.29 is 0 Å². The average molecular weight is 386 g/mol. The zero-order chi connectivity index (χ0) is 15.2. The maximum absolute atomic E-state index is 5.81. The molecule has 3 rings (SSSR count). The molecule has 0 aliphatic rings. The minimum absolute atomic E-state index is 0. The third kappa shape index (κ3) is 4.29. The first-order valence-electron chi connectivity index (χ1n) is 7.58. The van der Waals surface area contributed by atoms with E-state index in [0.29, 0.717) is 6.54 Å². The molecular formula is C20H21BrNP. The van der Waals surface area contributed by atoms with Crippen LogP contribution in [0.2, 0.25) is 0 Å². The Balaban J connectivity index is 0.00000192. The molecule has 0 spiro atoms. The van der Waals surface area contributed by atoms with Crippen molar-refractivity contribution in [1.29, 1.82) is 0 Å². The summed E-state index contributed by atoms with van der Waals surface area (Å²) in [6.07, 6.45) is 0.925. The van der Waals surface area contributed by atoms with E-state index in [1.54, 1.807) is 0 Å². The van der Waals surface area contributed by atoms with Crippen LogP contribution in [-0.2, 0) is 6.42 Å². The maximum atomic E-state index is 5.81. The lowest BCUT2D eigenvalue weighted by atomic mass is 10.1. The molecule has 0 unspecified atom stereocenters. The van der Waals surface area contributed by atoms with Crippen LogP contribution in [0, 0.1) is 0 Å². The summed E-state index contributed by atoms with van der Waals surface area (Å²) in [5.41, 5.74) is 7.18. The van der Waals surface area contributed by atoms with Crippen molar-refractivity contribution in [2.45, 2.75) is 6.42 Å². The van der Waals surface area contributed by atoms with E-state index in [2.05, 4.69) is 84.9 Å². The van der Waals surface area contributed by atoms with Gasteiger partial charge in [0.25, 0.3) is 0 Å². The molecule has 0 saturated heterocycles. The number of hydrogen-bond donors (Lipinski definition) is 1. The van der Waals surface area contributed by atoms with E-state index in [1.807, 2.05) is 0 Å². The molecule has 0 atom stereocenters. The van der Waals surface area contributed by atoms with Crippen molar-refractivity contribution in [3.05, 3.63) is 90.5 Å². The van der Waals surface area contributed by atoms with E-state index in [4.69, 9.17) is 5.73 Å². The van der Waals surface area contributed by atoms with Crippen LogP contribution in [0.15, 0.2) is 84.9 Å². The highest BCUT2D eigenvalue weighted by atomic mass is 79.9. The van der Waals surface area contributed by atoms with Gasteiger partial charge in [-0.2, -0.15) is 0 Å². The fourth-order valence-corrected chi connectivity index (χ4v) is 5.18. The Hall–Kier alpha value is -1.47. The monoisotopic (exact) mass is 385 g/mol. The minimum Gasteiger partial charge on any atom is -0.330 e. The summed E-state index contributed by atoms with van der Waals surface area (Å²) in [5, 5.41) is 4.18. The smallest absolute Gasteiger partial charge is 0.00365 e. The molecule has 0 fully saturated rings. The number of nitrogens with two attached hydrogens (primary N) is 1. The lowest BCUT2D eigenvalue weighted by molar-refractivity contribution is 0.975. The van der Waals surface area contributed by atoms with Crippen LogP contribution in [0.4, 0.5) is 0 Å². The second-order valence-corrected chi connectivity index (χ2v) is 7.36. The van der Waals surface area contributed by atoms with E-state index in [-0.39, 0.29) is 17.0 Å². The predicted octanol–water partition coefficient (Wildman–Crippen LogP) is 3.52. The first kappa shape index (κ1) is 17.9. The standard InChI is InChI=1S/C20H20NP.BrH/c21-16-15-17-9-7-8-14-20(17)22(18-10-3-1-4-11-18)19-12-5-2-6-13-19;/h1-14H,15-16,21H2;1H. The molecule has 2 N–H and O–H groups in total. The molecule has 0 radical (unpaired) electrons. The van der Waals surface area contributed by atoms with Crippen LogP contribution >= 0.6 is 24.9 Å². The second-order valence-electron chi connectivity index (χ2n) is 5.17. The third-order valence-corrected chi connectivity index (χ3v) is 6.22. The molecule has 0 aliphatic heterocycles. The van der Waals surface area contributed by atoms with Gasteiger partial charge in [0.05, 0.1) is 0 Å². The van der Waals surface area contributed by atoms with Crippen LogP contribution in [0.1, 0.15) is 5.56 Å². The van der Waals surface area contributed by atoms with Crippen molar-refractivity contribution in [3.8, 4) is 0 Å². The van der Waals surface area contributed by atoms with E-state index < -0.39 is 7.92 Å². The van der Waals surface area contributed by atoms with Crippen molar-refractivity contribution >= 4 is 40.8 Å². The molecule has 118 valence electrons. The van der Waals surface area contributed by atoms with Gasteiger partial charge < -0.3 is 5.73 Å². The molecule has 0 aliphatic carbocycles. The zero-order valence-electron chi connectivity index (χ0n) is 12.9. The Morgan fingerprint density at radius 2 is 1.13 bits per heavy atom. The summed E-state index contributed by atoms with van der Waals surface area (Å²) in [6.45, 7) is 0.684. The highest BCUT2D eigenvalue weighted by Gasteiger charge is 2.18. The largest absolute Gasteiger partial charge is 0.330 e. The zero-order valence-corrected chi connectivity index (χ0v) is 15.5. The van der Waals surface area contributed by atoms with Gasteiger partial charge in [0, 0.05) is 0 Å². The van der Waals surface area contributed by atoms with Crippen molar-refractivity contribution in [3.63, 3.8) is 0 Å². The van der Waals surface area contributed by atoms with Crippen molar-refractivity contribution in [2.75, 3.05) is 6.54 Å². The number of hydrogen-bond acceptors (Lipinski definition) is 1. The Bertz CT molecular complexity index is 676. The first-order chi connectivity index (χ1) is 10.9. The van der Waals surface area contributed by atoms with Gasteiger partial charge in [-0.05, 0) is 42.4 Å². The highest BCUT2D eigenvalue weighted by molar-refractivity contribution is 8.93. The van der Waals surface area contributed by atoms with Crippen LogP contribution in [-0.4, -0.2) is 6.54 Å². The molecule has 1 nitrogen and oxygen atoms in total.